The summed E-state index contributed by atoms with van der Waals surface area (Å²) < 4.78 is 0.886. The first-order chi connectivity index (χ1) is 12.0. The van der Waals surface area contributed by atoms with Crippen molar-refractivity contribution in [1.29, 1.82) is 0 Å². The Morgan fingerprint density at radius 3 is 2.68 bits per heavy atom. The second-order valence-electron chi connectivity index (χ2n) is 5.19. The first-order valence-corrected chi connectivity index (χ1v) is 8.43. The van der Waals surface area contributed by atoms with Crippen LogP contribution >= 0.6 is 27.5 Å². The highest BCUT2D eigenvalue weighted by Crippen LogP contribution is 2.25. The SMILES string of the molecule is C=Cc1cc(C(=O)Nc2cnc(-n3nccn3)c(Cl)c2)c(C)cc1Br. The maximum Gasteiger partial charge on any atom is 0.255 e. The predicted molar refractivity (Wildman–Crippen MR) is 101 cm³/mol. The Balaban J connectivity index is 1.87. The first-order valence-electron chi connectivity index (χ1n) is 7.25. The smallest absolute Gasteiger partial charge is 0.255 e. The Labute approximate surface area is 157 Å². The number of nitrogens with zero attached hydrogens (tertiary/aromatic N) is 4. The van der Waals surface area contributed by atoms with Gasteiger partial charge in [0.1, 0.15) is 0 Å². The zero-order chi connectivity index (χ0) is 18.0. The molecule has 0 spiro atoms. The molecule has 0 aliphatic carbocycles. The van der Waals surface area contributed by atoms with Crippen LogP contribution in [-0.2, 0) is 0 Å². The highest BCUT2D eigenvalue weighted by Gasteiger charge is 2.14. The van der Waals surface area contributed by atoms with Crippen molar-refractivity contribution in [3.63, 3.8) is 0 Å². The number of carbonyl (C=O) groups excluding carboxylic acids is 1. The molecule has 1 aromatic carbocycles. The Kier molecular flexibility index (Phi) is 4.96. The van der Waals surface area contributed by atoms with Crippen LogP contribution in [0.5, 0.6) is 0 Å². The molecule has 3 rings (SSSR count). The van der Waals surface area contributed by atoms with E-state index >= 15 is 0 Å². The fraction of sp³-hybridized carbons (Fsp3) is 0.0588. The molecule has 0 bridgehead atoms. The summed E-state index contributed by atoms with van der Waals surface area (Å²) in [6.07, 6.45) is 6.25. The standard InChI is InChI=1S/C17H13BrClN5O/c1-3-11-7-13(10(2)6-14(11)18)17(25)23-12-8-15(19)16(20-9-12)24-21-4-5-22-24/h3-9H,1H2,2H3,(H,23,25). The third-order valence-corrected chi connectivity index (χ3v) is 4.46. The largest absolute Gasteiger partial charge is 0.321 e. The number of aromatic nitrogens is 4. The Morgan fingerprint density at radius 1 is 1.32 bits per heavy atom. The second kappa shape index (κ2) is 7.16. The number of amides is 1. The van der Waals surface area contributed by atoms with Crippen molar-refractivity contribution in [3.05, 3.63) is 69.6 Å². The van der Waals surface area contributed by atoms with E-state index < -0.39 is 0 Å². The number of nitrogens with one attached hydrogen (secondary N) is 1. The van der Waals surface area contributed by atoms with E-state index in [1.165, 1.54) is 23.4 Å². The molecule has 0 aliphatic heterocycles. The minimum absolute atomic E-state index is 0.254. The van der Waals surface area contributed by atoms with Gasteiger partial charge in [-0.2, -0.15) is 10.2 Å². The molecule has 6 nitrogen and oxygen atoms in total. The number of anilines is 1. The zero-order valence-electron chi connectivity index (χ0n) is 13.2. The van der Waals surface area contributed by atoms with Crippen LogP contribution in [0.25, 0.3) is 11.9 Å². The molecule has 0 saturated carbocycles. The Morgan fingerprint density at radius 2 is 2.04 bits per heavy atom. The minimum Gasteiger partial charge on any atom is -0.321 e. The maximum absolute atomic E-state index is 12.6. The average Bonchev–Trinajstić information content (AvgIpc) is 3.09. The van der Waals surface area contributed by atoms with Crippen molar-refractivity contribution in [2.24, 2.45) is 0 Å². The predicted octanol–water partition coefficient (Wildman–Crippen LogP) is 4.28. The number of rotatable bonds is 4. The molecule has 0 atom stereocenters. The summed E-state index contributed by atoms with van der Waals surface area (Å²) in [6.45, 7) is 5.61. The van der Waals surface area contributed by atoms with E-state index in [1.54, 1.807) is 18.2 Å². The van der Waals surface area contributed by atoms with Gasteiger partial charge < -0.3 is 5.32 Å². The van der Waals surface area contributed by atoms with Crippen molar-refractivity contribution in [3.8, 4) is 5.82 Å². The van der Waals surface area contributed by atoms with Crippen molar-refractivity contribution in [1.82, 2.24) is 20.0 Å². The topological polar surface area (TPSA) is 72.7 Å². The third kappa shape index (κ3) is 3.62. The number of carbonyl (C=O) groups is 1. The molecule has 1 N–H and O–H groups in total. The Hall–Kier alpha value is -2.51. The molecule has 25 heavy (non-hydrogen) atoms. The zero-order valence-corrected chi connectivity index (χ0v) is 15.5. The molecular weight excluding hydrogens is 406 g/mol. The molecule has 2 aromatic heterocycles. The molecule has 126 valence electrons. The van der Waals surface area contributed by atoms with Gasteiger partial charge in [-0.1, -0.05) is 40.2 Å². The number of halogens is 2. The third-order valence-electron chi connectivity index (χ3n) is 3.50. The van der Waals surface area contributed by atoms with E-state index in [9.17, 15) is 4.79 Å². The quantitative estimate of drug-likeness (QED) is 0.686. The van der Waals surface area contributed by atoms with Crippen LogP contribution in [-0.4, -0.2) is 25.9 Å². The van der Waals surface area contributed by atoms with Gasteiger partial charge in [0, 0.05) is 10.0 Å². The molecule has 0 radical (unpaired) electrons. The van der Waals surface area contributed by atoms with E-state index in [-0.39, 0.29) is 5.91 Å². The minimum atomic E-state index is -0.254. The van der Waals surface area contributed by atoms with Crippen molar-refractivity contribution in [2.45, 2.75) is 6.92 Å². The molecule has 8 heteroatoms. The van der Waals surface area contributed by atoms with E-state index in [0.717, 1.165) is 15.6 Å². The number of hydrogen-bond donors (Lipinski definition) is 1. The number of aryl methyl sites for hydroxylation is 1. The molecule has 2 heterocycles. The van der Waals surface area contributed by atoms with Crippen LogP contribution < -0.4 is 5.32 Å². The van der Waals surface area contributed by atoms with Crippen molar-refractivity contribution >= 4 is 45.2 Å². The van der Waals surface area contributed by atoms with Gasteiger partial charge in [0.05, 0.1) is 29.3 Å². The summed E-state index contributed by atoms with van der Waals surface area (Å²) >= 11 is 9.67. The summed E-state index contributed by atoms with van der Waals surface area (Å²) in [4.78, 5) is 18.1. The first kappa shape index (κ1) is 17.3. The van der Waals surface area contributed by atoms with Gasteiger partial charge in [0.15, 0.2) is 5.82 Å². The number of benzene rings is 1. The van der Waals surface area contributed by atoms with Crippen LogP contribution in [0.15, 0.2) is 47.8 Å². The van der Waals surface area contributed by atoms with E-state index in [1.807, 2.05) is 13.0 Å². The lowest BCUT2D eigenvalue weighted by atomic mass is 10.0. The van der Waals surface area contributed by atoms with Gasteiger partial charge in [-0.25, -0.2) is 4.98 Å². The lowest BCUT2D eigenvalue weighted by Crippen LogP contribution is -2.14. The molecule has 1 amide bonds. The van der Waals surface area contributed by atoms with Crippen LogP contribution in [0.2, 0.25) is 5.02 Å². The van der Waals surface area contributed by atoms with Gasteiger partial charge in [-0.3, -0.25) is 4.79 Å². The van der Waals surface area contributed by atoms with Gasteiger partial charge in [-0.15, -0.1) is 4.80 Å². The summed E-state index contributed by atoms with van der Waals surface area (Å²) in [5.41, 5.74) is 2.71. The van der Waals surface area contributed by atoms with Gasteiger partial charge in [0.25, 0.3) is 5.91 Å². The molecule has 0 aliphatic rings. The molecule has 0 unspecified atom stereocenters. The molecule has 0 fully saturated rings. The van der Waals surface area contributed by atoms with Crippen LogP contribution in [0.4, 0.5) is 5.69 Å². The average molecular weight is 419 g/mol. The lowest BCUT2D eigenvalue weighted by molar-refractivity contribution is 0.102. The number of hydrogen-bond acceptors (Lipinski definition) is 4. The van der Waals surface area contributed by atoms with Crippen LogP contribution in [0.1, 0.15) is 21.5 Å². The highest BCUT2D eigenvalue weighted by atomic mass is 79.9. The second-order valence-corrected chi connectivity index (χ2v) is 6.46. The summed E-state index contributed by atoms with van der Waals surface area (Å²) in [7, 11) is 0. The summed E-state index contributed by atoms with van der Waals surface area (Å²) in [5, 5.41) is 11.1. The van der Waals surface area contributed by atoms with Crippen molar-refractivity contribution in [2.75, 3.05) is 5.32 Å². The van der Waals surface area contributed by atoms with E-state index in [2.05, 4.69) is 43.0 Å². The Bertz CT molecular complexity index is 956. The van der Waals surface area contributed by atoms with Crippen LogP contribution in [0, 0.1) is 6.92 Å². The normalized spacial score (nSPS) is 10.5. The van der Waals surface area contributed by atoms with Gasteiger partial charge in [-0.05, 0) is 36.2 Å². The van der Waals surface area contributed by atoms with Gasteiger partial charge in [0.2, 0.25) is 0 Å². The molecule has 3 aromatic rings. The van der Waals surface area contributed by atoms with E-state index in [0.29, 0.717) is 22.1 Å². The lowest BCUT2D eigenvalue weighted by Gasteiger charge is -2.11. The fourth-order valence-electron chi connectivity index (χ4n) is 2.26. The van der Waals surface area contributed by atoms with E-state index in [4.69, 9.17) is 11.6 Å². The fourth-order valence-corrected chi connectivity index (χ4v) is 3.12. The molecular formula is C17H13BrClN5O. The maximum atomic E-state index is 12.6. The summed E-state index contributed by atoms with van der Waals surface area (Å²) in [6, 6.07) is 5.26. The monoisotopic (exact) mass is 417 g/mol. The van der Waals surface area contributed by atoms with Gasteiger partial charge >= 0.3 is 0 Å². The highest BCUT2D eigenvalue weighted by molar-refractivity contribution is 9.10. The molecule has 0 saturated heterocycles. The number of pyridine rings is 1. The van der Waals surface area contributed by atoms with Crippen LogP contribution in [0.3, 0.4) is 0 Å². The van der Waals surface area contributed by atoms with Crippen molar-refractivity contribution < 1.29 is 4.79 Å². The summed E-state index contributed by atoms with van der Waals surface area (Å²) in [5.74, 6) is 0.134.